The van der Waals surface area contributed by atoms with E-state index in [2.05, 4.69) is 15.5 Å². The van der Waals surface area contributed by atoms with Crippen LogP contribution >= 0.6 is 0 Å². The molecular formula is C16H23N5O4S. The zero-order valence-electron chi connectivity index (χ0n) is 15.1. The number of nitrogens with zero attached hydrogens (tertiary/aromatic N) is 4. The molecule has 0 saturated heterocycles. The second-order valence-corrected chi connectivity index (χ2v) is 10.2. The lowest BCUT2D eigenvalue weighted by molar-refractivity contribution is -0.122. The van der Waals surface area contributed by atoms with Gasteiger partial charge >= 0.3 is 5.69 Å². The fourth-order valence-corrected chi connectivity index (χ4v) is 4.00. The number of hydrogen-bond acceptors (Lipinski definition) is 6. The Bertz CT molecular complexity index is 994. The molecule has 2 heterocycles. The quantitative estimate of drug-likeness (QED) is 0.826. The molecule has 1 aliphatic carbocycles. The van der Waals surface area contributed by atoms with E-state index in [9.17, 15) is 18.0 Å². The summed E-state index contributed by atoms with van der Waals surface area (Å²) in [6.45, 7) is 4.47. The molecule has 0 spiro atoms. The van der Waals surface area contributed by atoms with Gasteiger partial charge in [-0.1, -0.05) is 12.8 Å². The molecule has 1 N–H and O–H groups in total. The molecule has 26 heavy (non-hydrogen) atoms. The first kappa shape index (κ1) is 18.6. The van der Waals surface area contributed by atoms with Crippen LogP contribution in [0, 0.1) is 0 Å². The second-order valence-electron chi connectivity index (χ2n) is 7.55. The highest BCUT2D eigenvalue weighted by atomic mass is 32.2. The Morgan fingerprint density at radius 1 is 1.23 bits per heavy atom. The Balaban J connectivity index is 1.89. The lowest BCUT2D eigenvalue weighted by Crippen LogP contribution is -2.38. The second kappa shape index (κ2) is 6.49. The van der Waals surface area contributed by atoms with Crippen LogP contribution in [0.5, 0.6) is 0 Å². The van der Waals surface area contributed by atoms with E-state index in [0.29, 0.717) is 0 Å². The Kier molecular flexibility index (Phi) is 4.63. The third kappa shape index (κ3) is 3.37. The predicted octanol–water partition coefficient (Wildman–Crippen LogP) is 0.522. The molecule has 0 aromatic carbocycles. The van der Waals surface area contributed by atoms with Crippen LogP contribution in [0.1, 0.15) is 46.5 Å². The molecule has 0 aliphatic heterocycles. The monoisotopic (exact) mass is 381 g/mol. The summed E-state index contributed by atoms with van der Waals surface area (Å²) in [5.41, 5.74) is -0.455. The topological polar surface area (TPSA) is 115 Å². The third-order valence-corrected chi connectivity index (χ3v) is 6.89. The van der Waals surface area contributed by atoms with E-state index >= 15 is 0 Å². The van der Waals surface area contributed by atoms with Gasteiger partial charge in [-0.3, -0.25) is 4.79 Å². The molecule has 1 aliphatic rings. The van der Waals surface area contributed by atoms with Crippen molar-refractivity contribution in [2.45, 2.75) is 68.8 Å². The van der Waals surface area contributed by atoms with Gasteiger partial charge < -0.3 is 5.32 Å². The van der Waals surface area contributed by atoms with Gasteiger partial charge in [0.05, 0.1) is 4.75 Å². The van der Waals surface area contributed by atoms with Crippen LogP contribution < -0.4 is 11.0 Å². The average Bonchev–Trinajstić information content (AvgIpc) is 3.15. The molecule has 0 radical (unpaired) electrons. The molecule has 1 saturated carbocycles. The van der Waals surface area contributed by atoms with E-state index in [0.717, 1.165) is 34.9 Å². The van der Waals surface area contributed by atoms with Crippen molar-refractivity contribution in [3.05, 3.63) is 22.6 Å². The Hall–Kier alpha value is -2.23. The third-order valence-electron chi connectivity index (χ3n) is 4.51. The lowest BCUT2D eigenvalue weighted by atomic mass is 10.2. The van der Waals surface area contributed by atoms with Gasteiger partial charge in [0, 0.05) is 6.04 Å². The van der Waals surface area contributed by atoms with Gasteiger partial charge in [-0.25, -0.2) is 17.9 Å². The van der Waals surface area contributed by atoms with Gasteiger partial charge in [-0.2, -0.15) is 4.52 Å². The van der Waals surface area contributed by atoms with E-state index in [-0.39, 0.29) is 29.2 Å². The van der Waals surface area contributed by atoms with Gasteiger partial charge in [0.1, 0.15) is 6.54 Å². The highest BCUT2D eigenvalue weighted by Gasteiger charge is 2.33. The lowest BCUT2D eigenvalue weighted by Gasteiger charge is -2.17. The number of fused-ring (bicyclic) bond motifs is 1. The minimum absolute atomic E-state index is 0.150. The van der Waals surface area contributed by atoms with Gasteiger partial charge in [0.2, 0.25) is 15.7 Å². The molecule has 142 valence electrons. The van der Waals surface area contributed by atoms with E-state index in [1.807, 2.05) is 0 Å². The number of hydrogen-bond donors (Lipinski definition) is 1. The largest absolute Gasteiger partial charge is 0.367 e. The minimum atomic E-state index is -3.70. The van der Waals surface area contributed by atoms with Crippen molar-refractivity contribution in [1.29, 1.82) is 0 Å². The highest BCUT2D eigenvalue weighted by molar-refractivity contribution is 7.92. The number of rotatable bonds is 4. The number of carbonyl (C=O) groups excluding carboxylic acids is 1. The maximum absolute atomic E-state index is 12.5. The van der Waals surface area contributed by atoms with Crippen molar-refractivity contribution in [1.82, 2.24) is 24.7 Å². The standard InChI is InChI=1S/C16H23N5O4S/c1-16(2,3)26(24,25)14-9-8-12-18-20(15(23)21(12)19-14)10-13(22)17-11-6-4-5-7-11/h8-9,11H,4-7,10H2,1-3H3,(H,17,22). The predicted molar refractivity (Wildman–Crippen MR) is 94.6 cm³/mol. The summed E-state index contributed by atoms with van der Waals surface area (Å²) in [5, 5.41) is 10.7. The summed E-state index contributed by atoms with van der Waals surface area (Å²) < 4.78 is 25.9. The van der Waals surface area contributed by atoms with Crippen molar-refractivity contribution in [2.24, 2.45) is 0 Å². The van der Waals surface area contributed by atoms with Crippen LogP contribution in [0.4, 0.5) is 0 Å². The van der Waals surface area contributed by atoms with Crippen LogP contribution in [0.3, 0.4) is 0 Å². The first-order valence-corrected chi connectivity index (χ1v) is 10.1. The summed E-state index contributed by atoms with van der Waals surface area (Å²) in [6, 6.07) is 2.89. The molecule has 0 bridgehead atoms. The van der Waals surface area contributed by atoms with E-state index < -0.39 is 20.3 Å². The highest BCUT2D eigenvalue weighted by Crippen LogP contribution is 2.22. The zero-order chi connectivity index (χ0) is 19.1. The Labute approximate surface area is 151 Å². The van der Waals surface area contributed by atoms with Gasteiger partial charge in [-0.15, -0.1) is 10.2 Å². The van der Waals surface area contributed by atoms with Gasteiger partial charge in [0.15, 0.2) is 10.7 Å². The Morgan fingerprint density at radius 3 is 2.50 bits per heavy atom. The van der Waals surface area contributed by atoms with Gasteiger partial charge in [-0.05, 0) is 45.7 Å². The van der Waals surface area contributed by atoms with Crippen molar-refractivity contribution in [3.8, 4) is 0 Å². The maximum Gasteiger partial charge on any atom is 0.367 e. The number of carbonyl (C=O) groups is 1. The van der Waals surface area contributed by atoms with E-state index in [1.165, 1.54) is 12.1 Å². The zero-order valence-corrected chi connectivity index (χ0v) is 15.9. The maximum atomic E-state index is 12.5. The number of aromatic nitrogens is 4. The van der Waals surface area contributed by atoms with Crippen LogP contribution in [0.2, 0.25) is 0 Å². The summed E-state index contributed by atoms with van der Waals surface area (Å²) in [6.07, 6.45) is 4.07. The molecule has 0 unspecified atom stereocenters. The molecule has 2 aromatic heterocycles. The molecule has 2 aromatic rings. The van der Waals surface area contributed by atoms with Gasteiger partial charge in [0.25, 0.3) is 0 Å². The van der Waals surface area contributed by atoms with Crippen molar-refractivity contribution < 1.29 is 13.2 Å². The van der Waals surface area contributed by atoms with Crippen LogP contribution in [-0.4, -0.2) is 44.5 Å². The smallest absolute Gasteiger partial charge is 0.352 e. The van der Waals surface area contributed by atoms with Crippen LogP contribution in [-0.2, 0) is 21.2 Å². The Morgan fingerprint density at radius 2 is 1.88 bits per heavy atom. The molecule has 0 atom stereocenters. The summed E-state index contributed by atoms with van der Waals surface area (Å²) in [4.78, 5) is 24.6. The fourth-order valence-electron chi connectivity index (χ4n) is 2.93. The van der Waals surface area contributed by atoms with Crippen LogP contribution in [0.15, 0.2) is 22.0 Å². The molecule has 3 rings (SSSR count). The minimum Gasteiger partial charge on any atom is -0.352 e. The fraction of sp³-hybridized carbons (Fsp3) is 0.625. The summed E-state index contributed by atoms with van der Waals surface area (Å²) in [5.74, 6) is -0.287. The summed E-state index contributed by atoms with van der Waals surface area (Å²) >= 11 is 0. The normalized spacial score (nSPS) is 16.3. The number of nitrogens with one attached hydrogen (secondary N) is 1. The van der Waals surface area contributed by atoms with Crippen molar-refractivity contribution in [2.75, 3.05) is 0 Å². The molecule has 10 heteroatoms. The molecule has 1 fully saturated rings. The molecule has 1 amide bonds. The van der Waals surface area contributed by atoms with Crippen molar-refractivity contribution >= 4 is 21.4 Å². The van der Waals surface area contributed by atoms with E-state index in [1.54, 1.807) is 20.8 Å². The molecular weight excluding hydrogens is 358 g/mol. The van der Waals surface area contributed by atoms with Crippen LogP contribution in [0.25, 0.3) is 5.65 Å². The van der Waals surface area contributed by atoms with Crippen molar-refractivity contribution in [3.63, 3.8) is 0 Å². The first-order chi connectivity index (χ1) is 12.1. The number of sulfone groups is 1. The number of amides is 1. The molecule has 9 nitrogen and oxygen atoms in total. The SMILES string of the molecule is CC(C)(C)S(=O)(=O)c1ccc2nn(CC(=O)NC3CCCC3)c(=O)n2n1. The van der Waals surface area contributed by atoms with E-state index in [4.69, 9.17) is 0 Å². The summed E-state index contributed by atoms with van der Waals surface area (Å²) in [7, 11) is -3.70. The first-order valence-electron chi connectivity index (χ1n) is 8.60. The average molecular weight is 381 g/mol.